The van der Waals surface area contributed by atoms with Gasteiger partial charge in [0.25, 0.3) is 0 Å². The van der Waals surface area contributed by atoms with Gasteiger partial charge in [-0.2, -0.15) is 0 Å². The fraction of sp³-hybridized carbons (Fsp3) is 0.852. The van der Waals surface area contributed by atoms with Crippen molar-refractivity contribution in [1.29, 1.82) is 0 Å². The van der Waals surface area contributed by atoms with E-state index in [9.17, 15) is 10.2 Å². The van der Waals surface area contributed by atoms with E-state index in [1.165, 1.54) is 56.9 Å². The predicted molar refractivity (Wildman–Crippen MR) is 123 cm³/mol. The summed E-state index contributed by atoms with van der Waals surface area (Å²) in [6.45, 7) is 11.7. The van der Waals surface area contributed by atoms with E-state index in [-0.39, 0.29) is 5.92 Å². The third kappa shape index (κ3) is 5.18. The maximum Gasteiger partial charge on any atom is 0.0627 e. The number of fused-ring (bicyclic) bond motifs is 1. The van der Waals surface area contributed by atoms with Crippen LogP contribution in [0.2, 0.25) is 0 Å². The SMILES string of the molecule is CC(C)CCC[C@H](C)[C@H]1CC[C@H]2/C(=C/C=C3C[C@@H](O)C(C)[C@H](O)C3)CCC[C@]12C. The molecule has 3 saturated carbocycles. The second kappa shape index (κ2) is 9.69. The minimum absolute atomic E-state index is 0.00875. The zero-order valence-corrected chi connectivity index (χ0v) is 19.7. The lowest BCUT2D eigenvalue weighted by atomic mass is 9.60. The van der Waals surface area contributed by atoms with Crippen molar-refractivity contribution < 1.29 is 10.2 Å². The summed E-state index contributed by atoms with van der Waals surface area (Å²) in [6, 6.07) is 0. The van der Waals surface area contributed by atoms with Gasteiger partial charge < -0.3 is 10.2 Å². The Balaban J connectivity index is 1.68. The summed E-state index contributed by atoms with van der Waals surface area (Å²) in [6.07, 6.45) is 16.1. The Labute approximate surface area is 179 Å². The van der Waals surface area contributed by atoms with E-state index < -0.39 is 12.2 Å². The zero-order chi connectivity index (χ0) is 21.2. The van der Waals surface area contributed by atoms with Crippen molar-refractivity contribution in [2.24, 2.45) is 35.0 Å². The van der Waals surface area contributed by atoms with Crippen molar-refractivity contribution in [3.05, 3.63) is 23.3 Å². The second-order valence-electron chi connectivity index (χ2n) is 11.4. The van der Waals surface area contributed by atoms with E-state index in [1.807, 2.05) is 6.92 Å². The maximum absolute atomic E-state index is 10.2. The van der Waals surface area contributed by atoms with Gasteiger partial charge in [-0.05, 0) is 74.0 Å². The number of rotatable bonds is 6. The summed E-state index contributed by atoms with van der Waals surface area (Å²) in [5.41, 5.74) is 3.34. The molecule has 29 heavy (non-hydrogen) atoms. The van der Waals surface area contributed by atoms with Gasteiger partial charge in [0.1, 0.15) is 0 Å². The molecule has 0 radical (unpaired) electrons. The molecule has 0 heterocycles. The molecule has 0 aromatic heterocycles. The van der Waals surface area contributed by atoms with E-state index in [4.69, 9.17) is 0 Å². The summed E-state index contributed by atoms with van der Waals surface area (Å²) < 4.78 is 0. The van der Waals surface area contributed by atoms with E-state index in [0.29, 0.717) is 5.41 Å². The molecule has 0 unspecified atom stereocenters. The molecule has 3 aliphatic rings. The first-order valence-corrected chi connectivity index (χ1v) is 12.5. The highest BCUT2D eigenvalue weighted by Crippen LogP contribution is 2.59. The lowest BCUT2D eigenvalue weighted by molar-refractivity contribution is 0.00407. The Hall–Kier alpha value is -0.600. The standard InChI is InChI=1S/C27H46O2/c1-18(2)8-6-9-19(3)23-13-14-24-22(10-7-15-27(23,24)5)12-11-21-16-25(28)20(4)26(29)17-21/h11-12,18-20,23-26,28-29H,6-10,13-17H2,1-5H3/b21-11?,22-12+/t19-,20?,23+,24-,25+,26+,27+/m0/s1. The lowest BCUT2D eigenvalue weighted by Crippen LogP contribution is -2.36. The van der Waals surface area contributed by atoms with Crippen LogP contribution in [0.4, 0.5) is 0 Å². The molecule has 0 aromatic carbocycles. The highest BCUT2D eigenvalue weighted by Gasteiger charge is 2.50. The summed E-state index contributed by atoms with van der Waals surface area (Å²) in [7, 11) is 0. The number of allylic oxidation sites excluding steroid dienone is 3. The quantitative estimate of drug-likeness (QED) is 0.521. The summed E-state index contributed by atoms with van der Waals surface area (Å²) in [5, 5.41) is 20.5. The molecule has 2 heteroatoms. The van der Waals surface area contributed by atoms with Crippen LogP contribution in [0.1, 0.15) is 98.8 Å². The highest BCUT2D eigenvalue weighted by molar-refractivity contribution is 5.26. The van der Waals surface area contributed by atoms with Crippen molar-refractivity contribution in [2.45, 2.75) is 111 Å². The Kier molecular flexibility index (Phi) is 7.71. The molecular formula is C27H46O2. The Morgan fingerprint density at radius 3 is 2.38 bits per heavy atom. The lowest BCUT2D eigenvalue weighted by Gasteiger charge is -2.44. The maximum atomic E-state index is 10.2. The van der Waals surface area contributed by atoms with E-state index in [0.717, 1.165) is 36.5 Å². The van der Waals surface area contributed by atoms with Crippen molar-refractivity contribution in [3.63, 3.8) is 0 Å². The van der Waals surface area contributed by atoms with Crippen LogP contribution in [0.15, 0.2) is 23.3 Å². The molecule has 0 aromatic rings. The van der Waals surface area contributed by atoms with Gasteiger partial charge in [0.15, 0.2) is 0 Å². The Morgan fingerprint density at radius 1 is 1.03 bits per heavy atom. The average Bonchev–Trinajstić information content (AvgIpc) is 3.01. The first-order chi connectivity index (χ1) is 13.7. The number of hydrogen-bond donors (Lipinski definition) is 2. The molecule has 3 fully saturated rings. The van der Waals surface area contributed by atoms with Crippen molar-refractivity contribution >= 4 is 0 Å². The molecule has 2 nitrogen and oxygen atoms in total. The van der Waals surface area contributed by atoms with E-state index >= 15 is 0 Å². The van der Waals surface area contributed by atoms with Crippen LogP contribution >= 0.6 is 0 Å². The number of aliphatic hydroxyl groups excluding tert-OH is 2. The van der Waals surface area contributed by atoms with Crippen LogP contribution in [-0.2, 0) is 0 Å². The van der Waals surface area contributed by atoms with Gasteiger partial charge in [0.05, 0.1) is 12.2 Å². The van der Waals surface area contributed by atoms with Gasteiger partial charge in [-0.15, -0.1) is 0 Å². The molecule has 166 valence electrons. The topological polar surface area (TPSA) is 40.5 Å². The summed E-state index contributed by atoms with van der Waals surface area (Å²) in [5.74, 6) is 3.27. The van der Waals surface area contributed by atoms with Crippen LogP contribution in [-0.4, -0.2) is 22.4 Å². The third-order valence-electron chi connectivity index (χ3n) is 8.86. The van der Waals surface area contributed by atoms with Crippen molar-refractivity contribution in [3.8, 4) is 0 Å². The minimum atomic E-state index is -0.400. The smallest absolute Gasteiger partial charge is 0.0627 e. The van der Waals surface area contributed by atoms with Gasteiger partial charge in [0.2, 0.25) is 0 Å². The summed E-state index contributed by atoms with van der Waals surface area (Å²) >= 11 is 0. The monoisotopic (exact) mass is 402 g/mol. The molecule has 0 spiro atoms. The van der Waals surface area contributed by atoms with Gasteiger partial charge in [-0.3, -0.25) is 0 Å². The highest BCUT2D eigenvalue weighted by atomic mass is 16.3. The van der Waals surface area contributed by atoms with E-state index in [2.05, 4.69) is 39.8 Å². The van der Waals surface area contributed by atoms with E-state index in [1.54, 1.807) is 5.57 Å². The Morgan fingerprint density at radius 2 is 1.72 bits per heavy atom. The van der Waals surface area contributed by atoms with Crippen molar-refractivity contribution in [1.82, 2.24) is 0 Å². The largest absolute Gasteiger partial charge is 0.392 e. The molecule has 0 amide bonds. The van der Waals surface area contributed by atoms with Crippen molar-refractivity contribution in [2.75, 3.05) is 0 Å². The molecule has 0 aliphatic heterocycles. The van der Waals surface area contributed by atoms with Crippen LogP contribution < -0.4 is 0 Å². The molecule has 2 N–H and O–H groups in total. The van der Waals surface area contributed by atoms with Gasteiger partial charge in [-0.1, -0.05) is 77.2 Å². The second-order valence-corrected chi connectivity index (χ2v) is 11.4. The van der Waals surface area contributed by atoms with Crippen LogP contribution in [0.5, 0.6) is 0 Å². The van der Waals surface area contributed by atoms with Gasteiger partial charge in [0, 0.05) is 5.92 Å². The average molecular weight is 403 g/mol. The fourth-order valence-corrected chi connectivity index (χ4v) is 6.87. The normalized spacial score (nSPS) is 40.3. The first-order valence-electron chi connectivity index (χ1n) is 12.5. The van der Waals surface area contributed by atoms with Gasteiger partial charge in [-0.25, -0.2) is 0 Å². The number of hydrogen-bond acceptors (Lipinski definition) is 2. The zero-order valence-electron chi connectivity index (χ0n) is 19.7. The molecule has 3 aliphatic carbocycles. The predicted octanol–water partition coefficient (Wildman–Crippen LogP) is 6.67. The molecule has 6 atom stereocenters. The molecular weight excluding hydrogens is 356 g/mol. The first kappa shape index (κ1) is 23.1. The fourth-order valence-electron chi connectivity index (χ4n) is 6.87. The number of aliphatic hydroxyl groups is 2. The van der Waals surface area contributed by atoms with Crippen LogP contribution in [0.3, 0.4) is 0 Å². The van der Waals surface area contributed by atoms with Crippen LogP contribution in [0.25, 0.3) is 0 Å². The molecule has 0 bridgehead atoms. The van der Waals surface area contributed by atoms with Crippen LogP contribution in [0, 0.1) is 35.0 Å². The molecule has 3 rings (SSSR count). The summed E-state index contributed by atoms with van der Waals surface area (Å²) in [4.78, 5) is 0. The van der Waals surface area contributed by atoms with Gasteiger partial charge >= 0.3 is 0 Å². The minimum Gasteiger partial charge on any atom is -0.392 e. The molecule has 0 saturated heterocycles. The Bertz CT molecular complexity index is 590. The third-order valence-corrected chi connectivity index (χ3v) is 8.86.